The third-order valence-electron chi connectivity index (χ3n) is 4.23. The van der Waals surface area contributed by atoms with E-state index < -0.39 is 43.1 Å². The number of azo groups is 1. The zero-order chi connectivity index (χ0) is 19.0. The van der Waals surface area contributed by atoms with Crippen LogP contribution in [0.15, 0.2) is 34.5 Å². The summed E-state index contributed by atoms with van der Waals surface area (Å²) >= 11 is 4.65. The van der Waals surface area contributed by atoms with Gasteiger partial charge in [-0.3, -0.25) is 4.57 Å². The zero-order valence-electron chi connectivity index (χ0n) is 13.4. The van der Waals surface area contributed by atoms with Crippen LogP contribution in [0.5, 0.6) is 5.88 Å². The molecular formula is C15H18N4O6S. The molecule has 1 aliphatic heterocycles. The highest BCUT2D eigenvalue weighted by molar-refractivity contribution is 7.80. The molecule has 26 heavy (non-hydrogen) atoms. The number of benzene rings is 1. The molecule has 1 aromatic heterocycles. The van der Waals surface area contributed by atoms with Crippen LogP contribution in [0.25, 0.3) is 10.9 Å². The highest BCUT2D eigenvalue weighted by Gasteiger charge is 2.45. The lowest BCUT2D eigenvalue weighted by Gasteiger charge is -2.40. The molecule has 5 unspecified atom stereocenters. The Hall–Kier alpha value is -2.15. The first-order valence-corrected chi connectivity index (χ1v) is 8.11. The van der Waals surface area contributed by atoms with Crippen LogP contribution in [0, 0.1) is 0 Å². The largest absolute Gasteiger partial charge is 0.493 e. The van der Waals surface area contributed by atoms with Crippen LogP contribution >= 0.6 is 12.2 Å². The molecule has 0 aliphatic carbocycles. The Morgan fingerprint density at radius 3 is 2.54 bits per heavy atom. The van der Waals surface area contributed by atoms with E-state index in [1.54, 1.807) is 24.3 Å². The lowest BCUT2D eigenvalue weighted by Crippen LogP contribution is -2.56. The molecule has 3 rings (SSSR count). The van der Waals surface area contributed by atoms with E-state index >= 15 is 0 Å². The molecule has 0 radical (unpaired) electrons. The van der Waals surface area contributed by atoms with Crippen LogP contribution < -0.4 is 5.73 Å². The molecule has 7 N–H and O–H groups in total. The van der Waals surface area contributed by atoms with E-state index in [-0.39, 0.29) is 10.8 Å². The molecule has 1 aromatic carbocycles. The van der Waals surface area contributed by atoms with Gasteiger partial charge < -0.3 is 36.0 Å². The standard InChI is InChI=1S/C15H18N4O6S/c16-15(26)18-17-9-6-3-1-2-4-7(6)19(13(9)24)14-12(23)11(22)10(21)8(5-20)25-14/h1-4,8,10-12,14,20-24H,5H2,(H2,16,26). The monoisotopic (exact) mass is 382 g/mol. The number of thiocarbonyl (C=S) groups is 1. The maximum Gasteiger partial charge on any atom is 0.223 e. The normalized spacial score (nSPS) is 29.5. The minimum Gasteiger partial charge on any atom is -0.493 e. The second-order valence-electron chi connectivity index (χ2n) is 5.82. The SMILES string of the molecule is NC(=S)N=Nc1c(O)n(C2OC(CO)C(O)C(O)C2O)c2ccccc12. The Balaban J connectivity index is 2.15. The highest BCUT2D eigenvalue weighted by atomic mass is 32.1. The van der Waals surface area contributed by atoms with Crippen molar-refractivity contribution in [3.05, 3.63) is 24.3 Å². The van der Waals surface area contributed by atoms with Gasteiger partial charge in [0.2, 0.25) is 11.0 Å². The molecule has 0 amide bonds. The van der Waals surface area contributed by atoms with Crippen LogP contribution in [0.4, 0.5) is 5.69 Å². The van der Waals surface area contributed by atoms with Gasteiger partial charge in [0.05, 0.1) is 12.1 Å². The van der Waals surface area contributed by atoms with Crippen molar-refractivity contribution in [1.82, 2.24) is 4.57 Å². The molecule has 10 nitrogen and oxygen atoms in total. The molecule has 0 saturated carbocycles. The van der Waals surface area contributed by atoms with E-state index in [1.807, 2.05) is 0 Å². The van der Waals surface area contributed by atoms with Crippen LogP contribution in [0.2, 0.25) is 0 Å². The number of para-hydroxylation sites is 1. The van der Waals surface area contributed by atoms with Crippen LogP contribution in [0.1, 0.15) is 6.23 Å². The average molecular weight is 382 g/mol. The number of fused-ring (bicyclic) bond motifs is 1. The van der Waals surface area contributed by atoms with Crippen molar-refractivity contribution < 1.29 is 30.3 Å². The first-order chi connectivity index (χ1) is 12.4. The fraction of sp³-hybridized carbons (Fsp3) is 0.400. The quantitative estimate of drug-likeness (QED) is 0.309. The van der Waals surface area contributed by atoms with Gasteiger partial charge in [0.15, 0.2) is 11.9 Å². The van der Waals surface area contributed by atoms with Gasteiger partial charge in [0.25, 0.3) is 0 Å². The number of aliphatic hydroxyl groups is 4. The van der Waals surface area contributed by atoms with Crippen molar-refractivity contribution in [1.29, 1.82) is 0 Å². The van der Waals surface area contributed by atoms with Gasteiger partial charge in [-0.2, -0.15) is 0 Å². The highest BCUT2D eigenvalue weighted by Crippen LogP contribution is 2.43. The van der Waals surface area contributed by atoms with Gasteiger partial charge >= 0.3 is 0 Å². The summed E-state index contributed by atoms with van der Waals surface area (Å²) in [5, 5.41) is 57.9. The van der Waals surface area contributed by atoms with Gasteiger partial charge in [-0.25, -0.2) is 0 Å². The topological polar surface area (TPSA) is 166 Å². The summed E-state index contributed by atoms with van der Waals surface area (Å²) in [4.78, 5) is 0. The molecule has 140 valence electrons. The number of rotatable bonds is 3. The van der Waals surface area contributed by atoms with Crippen molar-refractivity contribution in [2.45, 2.75) is 30.6 Å². The predicted octanol–water partition coefficient (Wildman–Crippen LogP) is -0.353. The van der Waals surface area contributed by atoms with Crippen molar-refractivity contribution in [3.8, 4) is 5.88 Å². The molecule has 1 saturated heterocycles. The predicted molar refractivity (Wildman–Crippen MR) is 93.9 cm³/mol. The summed E-state index contributed by atoms with van der Waals surface area (Å²) in [6.07, 6.45) is -7.09. The first kappa shape index (κ1) is 18.6. The number of ether oxygens (including phenoxy) is 1. The van der Waals surface area contributed by atoms with Crippen molar-refractivity contribution >= 4 is 33.9 Å². The summed E-state index contributed by atoms with van der Waals surface area (Å²) in [7, 11) is 0. The van der Waals surface area contributed by atoms with Gasteiger partial charge in [0.1, 0.15) is 24.4 Å². The number of nitrogens with two attached hydrogens (primary N) is 1. The van der Waals surface area contributed by atoms with Gasteiger partial charge in [-0.15, -0.1) is 10.2 Å². The second-order valence-corrected chi connectivity index (χ2v) is 6.24. The van der Waals surface area contributed by atoms with Crippen LogP contribution in [0.3, 0.4) is 0 Å². The number of hydrogen-bond acceptors (Lipinski definition) is 8. The van der Waals surface area contributed by atoms with Gasteiger partial charge in [-0.05, 0) is 18.3 Å². The molecule has 11 heteroatoms. The fourth-order valence-electron chi connectivity index (χ4n) is 2.98. The average Bonchev–Trinajstić information content (AvgIpc) is 2.90. The van der Waals surface area contributed by atoms with E-state index in [9.17, 15) is 25.5 Å². The maximum atomic E-state index is 10.6. The molecule has 0 bridgehead atoms. The Morgan fingerprint density at radius 1 is 1.19 bits per heavy atom. The Bertz CT molecular complexity index is 854. The summed E-state index contributed by atoms with van der Waals surface area (Å²) < 4.78 is 6.71. The molecule has 1 fully saturated rings. The van der Waals surface area contributed by atoms with E-state index in [0.29, 0.717) is 10.9 Å². The molecule has 2 heterocycles. The minimum atomic E-state index is -1.59. The number of aromatic nitrogens is 1. The molecule has 1 aliphatic rings. The van der Waals surface area contributed by atoms with E-state index in [2.05, 4.69) is 22.4 Å². The summed E-state index contributed by atoms with van der Waals surface area (Å²) in [6, 6.07) is 6.69. The molecule has 0 spiro atoms. The smallest absolute Gasteiger partial charge is 0.223 e. The molecule has 5 atom stereocenters. The Labute approximate surface area is 152 Å². The molecular weight excluding hydrogens is 364 g/mol. The fourth-order valence-corrected chi connectivity index (χ4v) is 3.02. The van der Waals surface area contributed by atoms with E-state index in [1.165, 1.54) is 4.57 Å². The first-order valence-electron chi connectivity index (χ1n) is 7.70. The lowest BCUT2D eigenvalue weighted by atomic mass is 9.98. The third-order valence-corrected chi connectivity index (χ3v) is 4.31. The van der Waals surface area contributed by atoms with Crippen molar-refractivity contribution in [3.63, 3.8) is 0 Å². The van der Waals surface area contributed by atoms with E-state index in [0.717, 1.165) is 0 Å². The summed E-state index contributed by atoms with van der Waals surface area (Å²) in [5.74, 6) is -0.407. The number of hydrogen-bond donors (Lipinski definition) is 6. The van der Waals surface area contributed by atoms with Crippen LogP contribution in [-0.2, 0) is 4.74 Å². The zero-order valence-corrected chi connectivity index (χ0v) is 14.2. The third kappa shape index (κ3) is 3.05. The summed E-state index contributed by atoms with van der Waals surface area (Å²) in [6.45, 7) is -0.588. The minimum absolute atomic E-state index is 0.0466. The number of aliphatic hydroxyl groups excluding tert-OH is 4. The maximum absolute atomic E-state index is 10.6. The second kappa shape index (κ2) is 7.23. The Morgan fingerprint density at radius 2 is 1.88 bits per heavy atom. The van der Waals surface area contributed by atoms with Gasteiger partial charge in [-0.1, -0.05) is 18.2 Å². The lowest BCUT2D eigenvalue weighted by molar-refractivity contribution is -0.251. The van der Waals surface area contributed by atoms with E-state index in [4.69, 9.17) is 10.5 Å². The summed E-state index contributed by atoms with van der Waals surface area (Å²) in [5.41, 5.74) is 5.77. The van der Waals surface area contributed by atoms with Crippen molar-refractivity contribution in [2.24, 2.45) is 16.0 Å². The number of nitrogens with zero attached hydrogens (tertiary/aromatic N) is 3. The Kier molecular flexibility index (Phi) is 5.18. The van der Waals surface area contributed by atoms with Crippen LogP contribution in [-0.4, -0.2) is 66.2 Å². The number of aromatic hydroxyl groups is 1. The van der Waals surface area contributed by atoms with Gasteiger partial charge in [0, 0.05) is 5.39 Å². The van der Waals surface area contributed by atoms with Crippen molar-refractivity contribution in [2.75, 3.05) is 6.61 Å². The molecule has 2 aromatic rings.